The first kappa shape index (κ1) is 14.1. The van der Waals surface area contributed by atoms with E-state index in [0.29, 0.717) is 23.1 Å². The summed E-state index contributed by atoms with van der Waals surface area (Å²) < 4.78 is 25.1. The first-order valence-corrected chi connectivity index (χ1v) is 7.17. The molecule has 0 aliphatic carbocycles. The van der Waals surface area contributed by atoms with Gasteiger partial charge in [-0.25, -0.2) is 23.1 Å². The third kappa shape index (κ3) is 4.45. The van der Waals surface area contributed by atoms with Gasteiger partial charge in [-0.1, -0.05) is 18.5 Å². The maximum absolute atomic E-state index is 11.4. The first-order chi connectivity index (χ1) is 7.96. The summed E-state index contributed by atoms with van der Waals surface area (Å²) in [6, 6.07) is 0. The standard InChI is InChI=1S/C9H15ClN4O2S/c1-3-14-17(15,16)5-4-11-9-7(2)8(10)12-6-13-9/h6,14H,3-5H2,1-2H3,(H,11,12,13). The molecular weight excluding hydrogens is 264 g/mol. The van der Waals surface area contributed by atoms with Crippen LogP contribution < -0.4 is 10.0 Å². The fourth-order valence-electron chi connectivity index (χ4n) is 1.20. The molecule has 0 aromatic carbocycles. The van der Waals surface area contributed by atoms with Crippen molar-refractivity contribution in [3.8, 4) is 0 Å². The molecule has 1 heterocycles. The zero-order chi connectivity index (χ0) is 12.9. The predicted octanol–water partition coefficient (Wildman–Crippen LogP) is 0.790. The molecule has 0 aliphatic rings. The molecule has 2 N–H and O–H groups in total. The average Bonchev–Trinajstić information content (AvgIpc) is 2.24. The smallest absolute Gasteiger partial charge is 0.213 e. The van der Waals surface area contributed by atoms with E-state index in [0.717, 1.165) is 0 Å². The lowest BCUT2D eigenvalue weighted by Gasteiger charge is -2.09. The van der Waals surface area contributed by atoms with Crippen LogP contribution in [0.25, 0.3) is 0 Å². The van der Waals surface area contributed by atoms with Gasteiger partial charge < -0.3 is 5.32 Å². The molecule has 0 unspecified atom stereocenters. The largest absolute Gasteiger partial charge is 0.369 e. The highest BCUT2D eigenvalue weighted by atomic mass is 35.5. The van der Waals surface area contributed by atoms with Gasteiger partial charge in [-0.3, -0.25) is 0 Å². The first-order valence-electron chi connectivity index (χ1n) is 5.14. The topological polar surface area (TPSA) is 84.0 Å². The second-order valence-corrected chi connectivity index (χ2v) is 5.67. The van der Waals surface area contributed by atoms with Crippen molar-refractivity contribution in [2.24, 2.45) is 0 Å². The molecule has 0 spiro atoms. The minimum atomic E-state index is -3.21. The van der Waals surface area contributed by atoms with Crippen LogP contribution in [0.5, 0.6) is 0 Å². The van der Waals surface area contributed by atoms with Crippen LogP contribution in [-0.2, 0) is 10.0 Å². The fourth-order valence-corrected chi connectivity index (χ4v) is 2.29. The van der Waals surface area contributed by atoms with E-state index in [1.807, 2.05) is 0 Å². The van der Waals surface area contributed by atoms with Gasteiger partial charge in [0, 0.05) is 18.7 Å². The van der Waals surface area contributed by atoms with Gasteiger partial charge >= 0.3 is 0 Å². The Kier molecular flexibility index (Phi) is 5.10. The average molecular weight is 279 g/mol. The monoisotopic (exact) mass is 278 g/mol. The SMILES string of the molecule is CCNS(=O)(=O)CCNc1ncnc(Cl)c1C. The molecule has 8 heteroatoms. The Balaban J connectivity index is 2.55. The second kappa shape index (κ2) is 6.13. The van der Waals surface area contributed by atoms with E-state index in [9.17, 15) is 8.42 Å². The zero-order valence-corrected chi connectivity index (χ0v) is 11.3. The summed E-state index contributed by atoms with van der Waals surface area (Å²) in [5.74, 6) is 0.540. The Hall–Kier alpha value is -0.920. The molecule has 17 heavy (non-hydrogen) atoms. The third-order valence-electron chi connectivity index (χ3n) is 2.05. The number of halogens is 1. The van der Waals surface area contributed by atoms with Gasteiger partial charge in [-0.15, -0.1) is 0 Å². The number of hydrogen-bond donors (Lipinski definition) is 2. The minimum Gasteiger partial charge on any atom is -0.369 e. The molecule has 0 amide bonds. The van der Waals surface area contributed by atoms with Crippen molar-refractivity contribution in [1.82, 2.24) is 14.7 Å². The quantitative estimate of drug-likeness (QED) is 0.752. The van der Waals surface area contributed by atoms with E-state index in [2.05, 4.69) is 20.0 Å². The molecule has 1 rings (SSSR count). The van der Waals surface area contributed by atoms with E-state index in [4.69, 9.17) is 11.6 Å². The van der Waals surface area contributed by atoms with Gasteiger partial charge in [0.15, 0.2) is 0 Å². The number of rotatable bonds is 6. The highest BCUT2D eigenvalue weighted by Gasteiger charge is 2.09. The van der Waals surface area contributed by atoms with Crippen LogP contribution >= 0.6 is 11.6 Å². The normalized spacial score (nSPS) is 11.5. The van der Waals surface area contributed by atoms with Crippen molar-refractivity contribution in [2.45, 2.75) is 13.8 Å². The summed E-state index contributed by atoms with van der Waals surface area (Å²) in [7, 11) is -3.21. The van der Waals surface area contributed by atoms with Crippen LogP contribution in [0.4, 0.5) is 5.82 Å². The van der Waals surface area contributed by atoms with Crippen LogP contribution in [-0.4, -0.2) is 37.2 Å². The van der Waals surface area contributed by atoms with Gasteiger partial charge in [-0.05, 0) is 6.92 Å². The summed E-state index contributed by atoms with van der Waals surface area (Å²) in [5, 5.41) is 3.27. The van der Waals surface area contributed by atoms with E-state index in [-0.39, 0.29) is 12.3 Å². The number of hydrogen-bond acceptors (Lipinski definition) is 5. The Morgan fingerprint density at radius 2 is 2.12 bits per heavy atom. The molecule has 6 nitrogen and oxygen atoms in total. The summed E-state index contributed by atoms with van der Waals surface area (Å²) in [4.78, 5) is 7.79. The zero-order valence-electron chi connectivity index (χ0n) is 9.70. The fraction of sp³-hybridized carbons (Fsp3) is 0.556. The maximum Gasteiger partial charge on any atom is 0.213 e. The predicted molar refractivity (Wildman–Crippen MR) is 67.7 cm³/mol. The van der Waals surface area contributed by atoms with E-state index in [1.54, 1.807) is 13.8 Å². The lowest BCUT2D eigenvalue weighted by molar-refractivity contribution is 0.584. The molecule has 0 bridgehead atoms. The van der Waals surface area contributed by atoms with Crippen LogP contribution in [0.15, 0.2) is 6.33 Å². The van der Waals surface area contributed by atoms with Crippen molar-refractivity contribution in [2.75, 3.05) is 24.2 Å². The summed E-state index contributed by atoms with van der Waals surface area (Å²) in [5.41, 5.74) is 0.704. The van der Waals surface area contributed by atoms with E-state index < -0.39 is 10.0 Å². The molecule has 0 atom stereocenters. The summed E-state index contributed by atoms with van der Waals surface area (Å²) in [6.45, 7) is 4.16. The Labute approximate surface area is 106 Å². The highest BCUT2D eigenvalue weighted by Crippen LogP contribution is 2.17. The number of sulfonamides is 1. The van der Waals surface area contributed by atoms with E-state index in [1.165, 1.54) is 6.33 Å². The number of nitrogens with one attached hydrogen (secondary N) is 2. The molecule has 0 saturated carbocycles. The molecule has 0 saturated heterocycles. The highest BCUT2D eigenvalue weighted by molar-refractivity contribution is 7.89. The maximum atomic E-state index is 11.4. The number of anilines is 1. The van der Waals surface area contributed by atoms with Crippen molar-refractivity contribution in [1.29, 1.82) is 0 Å². The molecule has 0 fully saturated rings. The van der Waals surface area contributed by atoms with Crippen molar-refractivity contribution >= 4 is 27.4 Å². The lowest BCUT2D eigenvalue weighted by atomic mass is 10.3. The third-order valence-corrected chi connectivity index (χ3v) is 3.90. The molecule has 0 radical (unpaired) electrons. The van der Waals surface area contributed by atoms with Gasteiger partial charge in [0.1, 0.15) is 17.3 Å². The van der Waals surface area contributed by atoms with Gasteiger partial charge in [0.05, 0.1) is 5.75 Å². The number of aromatic nitrogens is 2. The Bertz CT molecular complexity index is 478. The Morgan fingerprint density at radius 1 is 1.41 bits per heavy atom. The van der Waals surface area contributed by atoms with Gasteiger partial charge in [0.25, 0.3) is 0 Å². The molecule has 1 aromatic rings. The van der Waals surface area contributed by atoms with E-state index >= 15 is 0 Å². The Morgan fingerprint density at radius 3 is 2.76 bits per heavy atom. The minimum absolute atomic E-state index is 0.0120. The summed E-state index contributed by atoms with van der Waals surface area (Å²) >= 11 is 5.81. The van der Waals surface area contributed by atoms with Crippen molar-refractivity contribution in [3.05, 3.63) is 17.0 Å². The number of nitrogens with zero attached hydrogens (tertiary/aromatic N) is 2. The van der Waals surface area contributed by atoms with Crippen LogP contribution in [0.1, 0.15) is 12.5 Å². The van der Waals surface area contributed by atoms with Crippen LogP contribution in [0.2, 0.25) is 5.15 Å². The summed E-state index contributed by atoms with van der Waals surface area (Å²) in [6.07, 6.45) is 1.33. The molecule has 96 valence electrons. The van der Waals surface area contributed by atoms with Crippen LogP contribution in [0, 0.1) is 6.92 Å². The van der Waals surface area contributed by atoms with Gasteiger partial charge in [-0.2, -0.15) is 0 Å². The lowest BCUT2D eigenvalue weighted by Crippen LogP contribution is -2.29. The van der Waals surface area contributed by atoms with Crippen molar-refractivity contribution in [3.63, 3.8) is 0 Å². The molecular formula is C9H15ClN4O2S. The van der Waals surface area contributed by atoms with Gasteiger partial charge in [0.2, 0.25) is 10.0 Å². The van der Waals surface area contributed by atoms with Crippen molar-refractivity contribution < 1.29 is 8.42 Å². The second-order valence-electron chi connectivity index (χ2n) is 3.38. The van der Waals surface area contributed by atoms with Crippen LogP contribution in [0.3, 0.4) is 0 Å². The molecule has 1 aromatic heterocycles. The molecule has 0 aliphatic heterocycles.